The lowest BCUT2D eigenvalue weighted by Crippen LogP contribution is -2.59. The minimum absolute atomic E-state index is 0.0113. The van der Waals surface area contributed by atoms with Crippen molar-refractivity contribution in [3.8, 4) is 5.75 Å². The molecular formula is C29H36N6O7. The minimum atomic E-state index is -1.61. The van der Waals surface area contributed by atoms with Gasteiger partial charge in [-0.05, 0) is 41.7 Å². The van der Waals surface area contributed by atoms with Crippen LogP contribution < -0.4 is 27.4 Å². The monoisotopic (exact) mass is 580 g/mol. The minimum Gasteiger partial charge on any atom is -0.508 e. The molecule has 0 saturated carbocycles. The van der Waals surface area contributed by atoms with Crippen molar-refractivity contribution >= 4 is 40.5 Å². The van der Waals surface area contributed by atoms with E-state index in [-0.39, 0.29) is 18.6 Å². The van der Waals surface area contributed by atoms with Gasteiger partial charge in [0.05, 0.1) is 12.5 Å². The predicted octanol–water partition coefficient (Wildman–Crippen LogP) is 0.0564. The van der Waals surface area contributed by atoms with E-state index < -0.39 is 66.1 Å². The third-order valence-electron chi connectivity index (χ3n) is 6.73. The molecule has 0 bridgehead atoms. The van der Waals surface area contributed by atoms with E-state index in [0.717, 1.165) is 16.5 Å². The molecular weight excluding hydrogens is 544 g/mol. The Bertz CT molecular complexity index is 1440. The first-order valence-electron chi connectivity index (χ1n) is 13.4. The van der Waals surface area contributed by atoms with Crippen LogP contribution in [-0.2, 0) is 36.8 Å². The number of nitrogens with two attached hydrogens (primary N) is 2. The molecule has 1 aromatic heterocycles. The van der Waals surface area contributed by atoms with Gasteiger partial charge in [0.1, 0.15) is 23.9 Å². The van der Waals surface area contributed by atoms with Crippen molar-refractivity contribution in [2.24, 2.45) is 17.4 Å². The molecule has 0 fully saturated rings. The number of primary amides is 1. The number of amides is 4. The van der Waals surface area contributed by atoms with E-state index in [1.807, 2.05) is 24.3 Å². The molecule has 42 heavy (non-hydrogen) atoms. The van der Waals surface area contributed by atoms with Crippen LogP contribution in [-0.4, -0.2) is 69.0 Å². The maximum absolute atomic E-state index is 13.4. The highest BCUT2D eigenvalue weighted by Gasteiger charge is 2.32. The van der Waals surface area contributed by atoms with Crippen LogP contribution >= 0.6 is 0 Å². The number of para-hydroxylation sites is 1. The van der Waals surface area contributed by atoms with Crippen LogP contribution in [0, 0.1) is 5.92 Å². The number of phenolic OH excluding ortho intramolecular Hbond substituents is 1. The van der Waals surface area contributed by atoms with Crippen LogP contribution in [0.2, 0.25) is 0 Å². The summed E-state index contributed by atoms with van der Waals surface area (Å²) in [5.41, 5.74) is 13.6. The smallest absolute Gasteiger partial charge is 0.326 e. The van der Waals surface area contributed by atoms with Crippen molar-refractivity contribution < 1.29 is 34.2 Å². The summed E-state index contributed by atoms with van der Waals surface area (Å²) in [5.74, 6) is -4.98. The number of aromatic hydroxyl groups is 1. The van der Waals surface area contributed by atoms with Crippen LogP contribution in [0.4, 0.5) is 0 Å². The molecule has 4 atom stereocenters. The molecule has 13 nitrogen and oxygen atoms in total. The molecule has 0 saturated heterocycles. The zero-order valence-electron chi connectivity index (χ0n) is 23.3. The van der Waals surface area contributed by atoms with Gasteiger partial charge < -0.3 is 42.6 Å². The van der Waals surface area contributed by atoms with Crippen LogP contribution in [0.1, 0.15) is 31.4 Å². The quantitative estimate of drug-likeness (QED) is 0.130. The molecule has 4 unspecified atom stereocenters. The molecule has 2 aromatic carbocycles. The lowest BCUT2D eigenvalue weighted by molar-refractivity contribution is -0.143. The molecule has 3 rings (SSSR count). The number of carboxylic acids is 1. The van der Waals surface area contributed by atoms with E-state index in [1.165, 1.54) is 24.3 Å². The standard InChI is InChI=1S/C29H36N6O7/c1-15(2)25(35-26(38)20(30)12-17-14-32-21-6-4-3-5-19(17)21)28(40)33-22(11-16-7-9-18(36)10-8-16)27(39)34-23(29(41)42)13-24(31)37/h3-10,14-15,20,22-23,25,32,36H,11-13,30H2,1-2H3,(H2,31,37)(H,33,40)(H,34,39)(H,35,38)(H,41,42). The number of benzene rings is 2. The van der Waals surface area contributed by atoms with Crippen molar-refractivity contribution in [3.63, 3.8) is 0 Å². The number of hydrogen-bond donors (Lipinski definition) is 8. The number of nitrogens with one attached hydrogen (secondary N) is 4. The summed E-state index contributed by atoms with van der Waals surface area (Å²) in [5, 5.41) is 27.4. The van der Waals surface area contributed by atoms with Gasteiger partial charge in [-0.1, -0.05) is 44.2 Å². The molecule has 0 aliphatic carbocycles. The normalized spacial score (nSPS) is 14.0. The maximum Gasteiger partial charge on any atom is 0.326 e. The Labute approximate surface area is 242 Å². The first-order chi connectivity index (χ1) is 19.8. The van der Waals surface area contributed by atoms with Gasteiger partial charge in [-0.3, -0.25) is 19.2 Å². The Hall–Kier alpha value is -4.91. The van der Waals surface area contributed by atoms with Crippen molar-refractivity contribution in [3.05, 3.63) is 65.9 Å². The summed E-state index contributed by atoms with van der Waals surface area (Å²) in [6, 6.07) is 8.47. The topological polar surface area (TPSA) is 230 Å². The summed E-state index contributed by atoms with van der Waals surface area (Å²) in [4.78, 5) is 65.6. The Kier molecular flexibility index (Phi) is 10.6. The van der Waals surface area contributed by atoms with Crippen molar-refractivity contribution in [2.75, 3.05) is 0 Å². The number of fused-ring (bicyclic) bond motifs is 1. The highest BCUT2D eigenvalue weighted by Crippen LogP contribution is 2.19. The van der Waals surface area contributed by atoms with Gasteiger partial charge in [0.25, 0.3) is 0 Å². The summed E-state index contributed by atoms with van der Waals surface area (Å²) in [6.07, 6.45) is 1.25. The molecule has 0 spiro atoms. The van der Waals surface area contributed by atoms with E-state index >= 15 is 0 Å². The highest BCUT2D eigenvalue weighted by molar-refractivity contribution is 5.95. The van der Waals surface area contributed by atoms with Crippen LogP contribution in [0.3, 0.4) is 0 Å². The summed E-state index contributed by atoms with van der Waals surface area (Å²) in [7, 11) is 0. The number of phenols is 1. The van der Waals surface area contributed by atoms with Crippen LogP contribution in [0.15, 0.2) is 54.7 Å². The fourth-order valence-electron chi connectivity index (χ4n) is 4.44. The van der Waals surface area contributed by atoms with Gasteiger partial charge in [-0.15, -0.1) is 0 Å². The number of H-pyrrole nitrogens is 1. The summed E-state index contributed by atoms with van der Waals surface area (Å²) in [6.45, 7) is 3.41. The molecule has 0 aliphatic heterocycles. The van der Waals surface area contributed by atoms with Crippen LogP contribution in [0.5, 0.6) is 5.75 Å². The van der Waals surface area contributed by atoms with Gasteiger partial charge in [0.15, 0.2) is 0 Å². The SMILES string of the molecule is CC(C)C(NC(=O)C(N)Cc1c[nH]c2ccccc12)C(=O)NC(Cc1ccc(O)cc1)C(=O)NC(CC(N)=O)C(=O)O. The highest BCUT2D eigenvalue weighted by atomic mass is 16.4. The first-order valence-corrected chi connectivity index (χ1v) is 13.4. The third kappa shape index (κ3) is 8.54. The number of carbonyl (C=O) groups excluding carboxylic acids is 4. The number of aliphatic carboxylic acids is 1. The van der Waals surface area contributed by atoms with E-state index in [2.05, 4.69) is 20.9 Å². The predicted molar refractivity (Wildman–Crippen MR) is 154 cm³/mol. The number of hydrogen-bond acceptors (Lipinski definition) is 7. The Morgan fingerprint density at radius 2 is 1.50 bits per heavy atom. The zero-order valence-corrected chi connectivity index (χ0v) is 23.3. The number of rotatable bonds is 14. The summed E-state index contributed by atoms with van der Waals surface area (Å²) < 4.78 is 0. The Morgan fingerprint density at radius 1 is 0.857 bits per heavy atom. The van der Waals surface area contributed by atoms with Gasteiger partial charge in [0.2, 0.25) is 23.6 Å². The van der Waals surface area contributed by atoms with E-state index in [1.54, 1.807) is 20.0 Å². The average molecular weight is 581 g/mol. The second kappa shape index (κ2) is 14.1. The zero-order chi connectivity index (χ0) is 31.0. The number of aromatic amines is 1. The maximum atomic E-state index is 13.4. The molecule has 13 heteroatoms. The lowest BCUT2D eigenvalue weighted by Gasteiger charge is -2.27. The largest absolute Gasteiger partial charge is 0.508 e. The molecule has 10 N–H and O–H groups in total. The molecule has 0 radical (unpaired) electrons. The van der Waals surface area contributed by atoms with Crippen molar-refractivity contribution in [1.29, 1.82) is 0 Å². The molecule has 0 aliphatic rings. The van der Waals surface area contributed by atoms with Crippen molar-refractivity contribution in [1.82, 2.24) is 20.9 Å². The Morgan fingerprint density at radius 3 is 2.12 bits per heavy atom. The summed E-state index contributed by atoms with van der Waals surface area (Å²) >= 11 is 0. The van der Waals surface area contributed by atoms with Crippen LogP contribution in [0.25, 0.3) is 10.9 Å². The number of carboxylic acid groups (broad SMARTS) is 1. The lowest BCUT2D eigenvalue weighted by atomic mass is 9.99. The number of aromatic nitrogens is 1. The third-order valence-corrected chi connectivity index (χ3v) is 6.73. The fraction of sp³-hybridized carbons (Fsp3) is 0.345. The first kappa shape index (κ1) is 31.6. The van der Waals surface area contributed by atoms with Gasteiger partial charge in [-0.2, -0.15) is 0 Å². The van der Waals surface area contributed by atoms with Gasteiger partial charge in [0, 0.05) is 23.5 Å². The van der Waals surface area contributed by atoms with E-state index in [0.29, 0.717) is 5.56 Å². The fourth-order valence-corrected chi connectivity index (χ4v) is 4.44. The molecule has 1 heterocycles. The number of carbonyl (C=O) groups is 5. The Balaban J connectivity index is 1.75. The van der Waals surface area contributed by atoms with Gasteiger partial charge >= 0.3 is 5.97 Å². The van der Waals surface area contributed by atoms with Crippen molar-refractivity contribution in [2.45, 2.75) is 57.3 Å². The van der Waals surface area contributed by atoms with E-state index in [9.17, 15) is 34.2 Å². The average Bonchev–Trinajstić information content (AvgIpc) is 3.33. The van der Waals surface area contributed by atoms with E-state index in [4.69, 9.17) is 11.5 Å². The molecule has 3 aromatic rings. The molecule has 224 valence electrons. The van der Waals surface area contributed by atoms with Gasteiger partial charge in [-0.25, -0.2) is 4.79 Å². The molecule has 4 amide bonds. The second-order valence-electron chi connectivity index (χ2n) is 10.4. The second-order valence-corrected chi connectivity index (χ2v) is 10.4.